The maximum Gasteiger partial charge on any atom is 0.252 e. The lowest BCUT2D eigenvalue weighted by molar-refractivity contribution is 0.568. The van der Waals surface area contributed by atoms with Crippen molar-refractivity contribution in [3.05, 3.63) is 331 Å². The molecule has 4 aromatic heterocycles. The number of hydrogen-bond acceptors (Lipinski definition) is 2. The molecule has 2 aliphatic heterocycles. The molecule has 0 fully saturated rings. The third-order valence-corrected chi connectivity index (χ3v) is 24.7. The zero-order valence-corrected chi connectivity index (χ0v) is 67.7. The van der Waals surface area contributed by atoms with E-state index < -0.39 is 48.4 Å². The molecular weight excluding hydrogens is 1390 g/mol. The molecule has 0 atom stereocenters. The SMILES string of the molecule is [2H]c1c([2H])c([2H])c2c(c1[2H])c1c([2H])c([2H])c([2H])c3c4ccccc4c4ccccc4c4cc5c(cc4n2c31)N(c1ccccc1-c1cc(C(C)(C)C)cc(C(C)(C)C)c1)c1cc(C(C)(C)C)cc2c1B5c1cc3c4ccccc4c4ccccc4c4c([2H])c([2H])c([2H])c5c6c([2H])c([2H])c([2H])c([2H])c6n(c3cc1N2c1ccccc1-c1cc(C(C)(C)C)cc(C(C)(C)C)c1)c45. The lowest BCUT2D eigenvalue weighted by atomic mass is 9.33. The van der Waals surface area contributed by atoms with Gasteiger partial charge >= 0.3 is 0 Å². The molecule has 21 rings (SSSR count). The molecule has 0 saturated heterocycles. The van der Waals surface area contributed by atoms with Crippen LogP contribution in [0.1, 0.15) is 151 Å². The van der Waals surface area contributed by atoms with Crippen LogP contribution in [0.3, 0.4) is 0 Å². The lowest BCUT2D eigenvalue weighted by Gasteiger charge is -2.46. The van der Waals surface area contributed by atoms with Crippen LogP contribution in [0.2, 0.25) is 0 Å². The summed E-state index contributed by atoms with van der Waals surface area (Å²) in [6.07, 6.45) is 0. The summed E-state index contributed by atoms with van der Waals surface area (Å²) in [5.74, 6) is 0. The van der Waals surface area contributed by atoms with Crippen LogP contribution in [0.25, 0.3) is 142 Å². The summed E-state index contributed by atoms with van der Waals surface area (Å²) in [5.41, 5.74) is 16.4. The molecule has 19 aromatic rings. The van der Waals surface area contributed by atoms with Crippen LogP contribution in [0.15, 0.2) is 303 Å². The van der Waals surface area contributed by atoms with Gasteiger partial charge in [-0.25, -0.2) is 0 Å². The molecule has 0 unspecified atom stereocenters. The average Bonchev–Trinajstić information content (AvgIpc) is 1.64. The molecule has 115 heavy (non-hydrogen) atoms. The summed E-state index contributed by atoms with van der Waals surface area (Å²) >= 11 is 0. The number of hydrogen-bond donors (Lipinski definition) is 0. The van der Waals surface area contributed by atoms with Crippen molar-refractivity contribution < 1.29 is 19.2 Å². The summed E-state index contributed by atoms with van der Waals surface area (Å²) < 4.78 is 144. The lowest BCUT2D eigenvalue weighted by Crippen LogP contribution is -2.61. The molecule has 0 aliphatic carbocycles. The van der Waals surface area contributed by atoms with E-state index in [1.807, 2.05) is 81.6 Å². The van der Waals surface area contributed by atoms with Crippen LogP contribution in [0, 0.1) is 0 Å². The summed E-state index contributed by atoms with van der Waals surface area (Å²) in [5, 5.41) is 7.81. The monoisotopic (exact) mass is 1500 g/mol. The van der Waals surface area contributed by atoms with Crippen molar-refractivity contribution >= 4 is 177 Å². The Hall–Kier alpha value is -12.4. The third-order valence-electron chi connectivity index (χ3n) is 24.7. The van der Waals surface area contributed by atoms with Gasteiger partial charge in [0.15, 0.2) is 0 Å². The fourth-order valence-electron chi connectivity index (χ4n) is 18.7. The fraction of sp³-hybridized carbons (Fsp3) is 0.182. The molecule has 6 heterocycles. The average molecular weight is 1500 g/mol. The van der Waals surface area contributed by atoms with Crippen molar-refractivity contribution in [1.29, 1.82) is 0 Å². The molecule has 0 N–H and O–H groups in total. The van der Waals surface area contributed by atoms with E-state index in [0.717, 1.165) is 111 Å². The predicted molar refractivity (Wildman–Crippen MR) is 499 cm³/mol. The van der Waals surface area contributed by atoms with Gasteiger partial charge in [0.25, 0.3) is 6.71 Å². The molecule has 0 saturated carbocycles. The number of rotatable bonds is 4. The van der Waals surface area contributed by atoms with Crippen LogP contribution in [0.5, 0.6) is 0 Å². The maximum atomic E-state index is 10.4. The van der Waals surface area contributed by atoms with Crippen LogP contribution in [-0.4, -0.2) is 15.5 Å². The van der Waals surface area contributed by atoms with Gasteiger partial charge in [0.2, 0.25) is 0 Å². The number of fused-ring (bicyclic) bond motifs is 24. The first kappa shape index (κ1) is 56.7. The molecule has 0 spiro atoms. The zero-order chi connectivity index (χ0) is 91.0. The van der Waals surface area contributed by atoms with Gasteiger partial charge in [-0.15, -0.1) is 0 Å². The second-order valence-electron chi connectivity index (χ2n) is 37.0. The number of anilines is 6. The first-order chi connectivity index (χ1) is 61.1. The summed E-state index contributed by atoms with van der Waals surface area (Å²) in [7, 11) is 0. The molecule has 5 heteroatoms. The summed E-state index contributed by atoms with van der Waals surface area (Å²) in [4.78, 5) is 4.85. The van der Waals surface area contributed by atoms with Crippen molar-refractivity contribution in [2.24, 2.45) is 0 Å². The van der Waals surface area contributed by atoms with Gasteiger partial charge in [-0.1, -0.05) is 358 Å². The van der Waals surface area contributed by atoms with Crippen LogP contribution in [-0.2, 0) is 27.1 Å². The van der Waals surface area contributed by atoms with Crippen LogP contribution >= 0.6 is 0 Å². The first-order valence-corrected chi connectivity index (χ1v) is 40.2. The highest BCUT2D eigenvalue weighted by Crippen LogP contribution is 2.54. The quantitative estimate of drug-likeness (QED) is 0.163. The van der Waals surface area contributed by atoms with E-state index in [1.165, 1.54) is 0 Å². The smallest absolute Gasteiger partial charge is 0.252 e. The van der Waals surface area contributed by atoms with E-state index >= 15 is 0 Å². The topological polar surface area (TPSA) is 15.3 Å². The minimum absolute atomic E-state index is 0.0478. The normalized spacial score (nSPS) is 15.2. The van der Waals surface area contributed by atoms with Gasteiger partial charge in [-0.3, -0.25) is 0 Å². The van der Waals surface area contributed by atoms with E-state index in [1.54, 1.807) is 0 Å². The predicted octanol–water partition coefficient (Wildman–Crippen LogP) is 28.8. The third kappa shape index (κ3) is 10.8. The second kappa shape index (κ2) is 25.0. The zero-order valence-electron chi connectivity index (χ0n) is 81.7. The molecule has 15 aromatic carbocycles. The van der Waals surface area contributed by atoms with E-state index in [9.17, 15) is 19.2 Å². The Balaban J connectivity index is 1.07. The Morgan fingerprint density at radius 2 is 0.513 bits per heavy atom. The number of nitrogens with zero attached hydrogens (tertiary/aromatic N) is 4. The van der Waals surface area contributed by atoms with E-state index in [-0.39, 0.29) is 124 Å². The van der Waals surface area contributed by atoms with Gasteiger partial charge in [-0.05, 0) is 174 Å². The minimum Gasteiger partial charge on any atom is -0.311 e. The highest BCUT2D eigenvalue weighted by Gasteiger charge is 2.46. The van der Waals surface area contributed by atoms with Crippen molar-refractivity contribution in [3.63, 3.8) is 0 Å². The Kier molecular flexibility index (Phi) is 12.3. The number of para-hydroxylation sites is 6. The molecular formula is C110H95BN4. The summed E-state index contributed by atoms with van der Waals surface area (Å²) in [6, 6.07) is 71.4. The Bertz CT molecular complexity index is 7880. The van der Waals surface area contributed by atoms with Gasteiger partial charge in [0.05, 0.1) is 63.7 Å². The first-order valence-electron chi connectivity index (χ1n) is 47.2. The number of aromatic nitrogens is 2. The molecule has 0 radical (unpaired) electrons. The second-order valence-corrected chi connectivity index (χ2v) is 37.0. The standard InChI is InChI=1S/C110H95BN4/c1-106(2,3)68-54-66(55-69(58-68)107(4,5)6)73-34-24-28-50-93(73)112-99-64-97-89(81-42-22-18-38-77(81)75-36-16-20-40-79(75)85-46-32-48-87-83-44-26-30-52-95(83)114(97)104(85)87)62-91(99)111-92-63-90-82-43-23-19-39-78(82)76-37-17-21-41-80(76)86-47-33-49-88-84-45-27-31-53-96(84)115(105(86)88)98(90)65-100(92)113(102-61-72(110(13,14)15)60-101(112)103(102)111)94-51-29-25-35-74(94)67-56-70(108(7,8)9)59-71(57-67)109(10,11)12/h16-65H,1-15H3/i26D,27D,30D,31D,32D,33D,44D,45D,46D,47D,48D,49D,52D,53D. The molecule has 2 aliphatic rings. The summed E-state index contributed by atoms with van der Waals surface area (Å²) in [6.45, 7) is 33.0. The largest absolute Gasteiger partial charge is 0.311 e. The van der Waals surface area contributed by atoms with Crippen molar-refractivity contribution in [2.75, 3.05) is 9.80 Å². The van der Waals surface area contributed by atoms with Gasteiger partial charge in [0.1, 0.15) is 0 Å². The Labute approximate surface area is 694 Å². The van der Waals surface area contributed by atoms with Gasteiger partial charge < -0.3 is 18.6 Å². The Morgan fingerprint density at radius 1 is 0.235 bits per heavy atom. The molecule has 4 nitrogen and oxygen atoms in total. The minimum atomic E-state index is -0.794. The van der Waals surface area contributed by atoms with Crippen LogP contribution in [0.4, 0.5) is 34.1 Å². The van der Waals surface area contributed by atoms with Crippen molar-refractivity contribution in [3.8, 4) is 22.3 Å². The van der Waals surface area contributed by atoms with Crippen molar-refractivity contribution in [1.82, 2.24) is 8.80 Å². The van der Waals surface area contributed by atoms with E-state index in [0.29, 0.717) is 54.7 Å². The van der Waals surface area contributed by atoms with Gasteiger partial charge in [-0.2, -0.15) is 0 Å². The molecule has 0 bridgehead atoms. The Morgan fingerprint density at radius 3 is 0.852 bits per heavy atom. The highest BCUT2D eigenvalue weighted by atomic mass is 15.2. The van der Waals surface area contributed by atoms with Crippen LogP contribution < -0.4 is 26.2 Å². The molecule has 558 valence electrons. The van der Waals surface area contributed by atoms with E-state index in [4.69, 9.17) is 0 Å². The highest BCUT2D eigenvalue weighted by molar-refractivity contribution is 7.00. The molecule has 0 amide bonds. The van der Waals surface area contributed by atoms with Crippen molar-refractivity contribution in [2.45, 2.75) is 131 Å². The maximum absolute atomic E-state index is 10.4. The number of benzene rings is 15. The fourth-order valence-corrected chi connectivity index (χ4v) is 18.7. The van der Waals surface area contributed by atoms with E-state index in [2.05, 4.69) is 259 Å². The van der Waals surface area contributed by atoms with Gasteiger partial charge in [0, 0.05) is 77.0 Å².